The van der Waals surface area contributed by atoms with E-state index in [1.807, 2.05) is 33.9 Å². The zero-order valence-electron chi connectivity index (χ0n) is 14.0. The van der Waals surface area contributed by atoms with Gasteiger partial charge in [-0.2, -0.15) is 4.31 Å². The molecule has 1 aromatic carbocycles. The second kappa shape index (κ2) is 6.90. The smallest absolute Gasteiger partial charge is 0.243 e. The Morgan fingerprint density at radius 2 is 1.81 bits per heavy atom. The Labute approximate surface area is 129 Å². The summed E-state index contributed by atoms with van der Waals surface area (Å²) in [6.45, 7) is 8.64. The van der Waals surface area contributed by atoms with E-state index in [1.54, 1.807) is 19.2 Å². The quantitative estimate of drug-likeness (QED) is 0.842. The number of sulfonamides is 1. The van der Waals surface area contributed by atoms with Gasteiger partial charge in [-0.05, 0) is 57.0 Å². The molecule has 0 heterocycles. The van der Waals surface area contributed by atoms with Gasteiger partial charge in [0.25, 0.3) is 0 Å². The Kier molecular flexibility index (Phi) is 5.96. The second-order valence-corrected chi connectivity index (χ2v) is 7.92. The van der Waals surface area contributed by atoms with E-state index >= 15 is 0 Å². The van der Waals surface area contributed by atoms with Gasteiger partial charge in [0, 0.05) is 19.1 Å². The van der Waals surface area contributed by atoms with Crippen LogP contribution >= 0.6 is 0 Å². The number of aryl methyl sites for hydroxylation is 1. The van der Waals surface area contributed by atoms with Crippen LogP contribution in [-0.4, -0.2) is 32.4 Å². The van der Waals surface area contributed by atoms with Crippen molar-refractivity contribution >= 4 is 10.0 Å². The van der Waals surface area contributed by atoms with Gasteiger partial charge in [0.15, 0.2) is 0 Å². The zero-order chi connectivity index (χ0) is 16.3. The van der Waals surface area contributed by atoms with Crippen molar-refractivity contribution in [3.8, 4) is 0 Å². The first-order valence-corrected chi connectivity index (χ1v) is 8.90. The minimum Gasteiger partial charge on any atom is -0.316 e. The van der Waals surface area contributed by atoms with Crippen LogP contribution in [0.4, 0.5) is 0 Å². The Hall–Kier alpha value is -0.910. The summed E-state index contributed by atoms with van der Waals surface area (Å²) < 4.78 is 27.1. The summed E-state index contributed by atoms with van der Waals surface area (Å²) in [6.07, 6.45) is 1.66. The van der Waals surface area contributed by atoms with E-state index < -0.39 is 15.6 Å². The minimum atomic E-state index is -3.47. The number of hydrogen-bond donors (Lipinski definition) is 1. The Balaban J connectivity index is 3.29. The molecular formula is C16H28N2O2S. The molecule has 1 aromatic rings. The van der Waals surface area contributed by atoms with Gasteiger partial charge in [0.1, 0.15) is 0 Å². The van der Waals surface area contributed by atoms with Crippen molar-refractivity contribution in [2.24, 2.45) is 0 Å². The van der Waals surface area contributed by atoms with Crippen molar-refractivity contribution < 1.29 is 8.42 Å². The third-order valence-corrected chi connectivity index (χ3v) is 6.37. The molecular weight excluding hydrogens is 284 g/mol. The topological polar surface area (TPSA) is 49.4 Å². The molecule has 120 valence electrons. The van der Waals surface area contributed by atoms with E-state index in [0.717, 1.165) is 18.4 Å². The summed E-state index contributed by atoms with van der Waals surface area (Å²) in [5, 5.41) is 3.10. The lowest BCUT2D eigenvalue weighted by Gasteiger charge is -2.33. The van der Waals surface area contributed by atoms with E-state index in [4.69, 9.17) is 0 Å². The molecule has 1 rings (SSSR count). The van der Waals surface area contributed by atoms with Gasteiger partial charge < -0.3 is 5.32 Å². The number of hydrogen-bond acceptors (Lipinski definition) is 3. The summed E-state index contributed by atoms with van der Waals surface area (Å²) in [5.74, 6) is 0. The average Bonchev–Trinajstić information content (AvgIpc) is 2.46. The second-order valence-electron chi connectivity index (χ2n) is 5.95. The lowest BCUT2D eigenvalue weighted by molar-refractivity contribution is 0.257. The van der Waals surface area contributed by atoms with Crippen molar-refractivity contribution in [3.05, 3.63) is 29.3 Å². The van der Waals surface area contributed by atoms with Gasteiger partial charge in [-0.3, -0.25) is 0 Å². The van der Waals surface area contributed by atoms with Crippen molar-refractivity contribution in [2.45, 2.75) is 57.5 Å². The van der Waals surface area contributed by atoms with Crippen LogP contribution in [0.1, 0.15) is 45.2 Å². The maximum Gasteiger partial charge on any atom is 0.243 e. The highest BCUT2D eigenvalue weighted by Crippen LogP contribution is 2.26. The predicted octanol–water partition coefficient (Wildman–Crippen LogP) is 2.78. The summed E-state index contributed by atoms with van der Waals surface area (Å²) in [6, 6.07) is 5.44. The van der Waals surface area contributed by atoms with E-state index in [9.17, 15) is 8.42 Å². The fraction of sp³-hybridized carbons (Fsp3) is 0.625. The average molecular weight is 312 g/mol. The van der Waals surface area contributed by atoms with Crippen LogP contribution in [0.5, 0.6) is 0 Å². The normalized spacial score (nSPS) is 12.9. The first kappa shape index (κ1) is 18.1. The number of nitrogens with zero attached hydrogens (tertiary/aromatic N) is 1. The molecule has 0 atom stereocenters. The van der Waals surface area contributed by atoms with Crippen LogP contribution in [0.2, 0.25) is 0 Å². The minimum absolute atomic E-state index is 0.369. The van der Waals surface area contributed by atoms with Gasteiger partial charge in [-0.25, -0.2) is 8.42 Å². The molecule has 0 saturated heterocycles. The Morgan fingerprint density at radius 3 is 2.29 bits per heavy atom. The first-order chi connectivity index (χ1) is 9.70. The highest BCUT2D eigenvalue weighted by Gasteiger charge is 2.32. The van der Waals surface area contributed by atoms with Crippen LogP contribution in [0.15, 0.2) is 23.1 Å². The maximum absolute atomic E-state index is 12.8. The molecule has 0 saturated carbocycles. The molecule has 0 unspecified atom stereocenters. The Bertz CT molecular complexity index is 580. The van der Waals surface area contributed by atoms with Gasteiger partial charge >= 0.3 is 0 Å². The molecule has 5 heteroatoms. The van der Waals surface area contributed by atoms with Crippen LogP contribution in [0, 0.1) is 0 Å². The Morgan fingerprint density at radius 1 is 1.19 bits per heavy atom. The van der Waals surface area contributed by atoms with Crippen molar-refractivity contribution in [1.29, 1.82) is 0 Å². The van der Waals surface area contributed by atoms with Crippen LogP contribution in [0.25, 0.3) is 0 Å². The maximum atomic E-state index is 12.8. The lowest BCUT2D eigenvalue weighted by atomic mass is 10.0. The third kappa shape index (κ3) is 3.84. The molecule has 0 amide bonds. The molecule has 0 aliphatic carbocycles. The van der Waals surface area contributed by atoms with Crippen molar-refractivity contribution in [2.75, 3.05) is 14.1 Å². The fourth-order valence-electron chi connectivity index (χ4n) is 2.17. The number of benzene rings is 1. The monoisotopic (exact) mass is 312 g/mol. The van der Waals surface area contributed by atoms with Crippen LogP contribution < -0.4 is 5.32 Å². The molecule has 0 radical (unpaired) electrons. The molecule has 0 aliphatic rings. The SMILES string of the molecule is CCc1ccc(S(=O)(=O)N(C)C(C)(C)CC)cc1CNC. The molecule has 0 aromatic heterocycles. The molecule has 1 N–H and O–H groups in total. The predicted molar refractivity (Wildman–Crippen MR) is 87.9 cm³/mol. The third-order valence-electron chi connectivity index (χ3n) is 4.30. The highest BCUT2D eigenvalue weighted by molar-refractivity contribution is 7.89. The van der Waals surface area contributed by atoms with Crippen molar-refractivity contribution in [3.63, 3.8) is 0 Å². The molecule has 0 spiro atoms. The molecule has 21 heavy (non-hydrogen) atoms. The standard InChI is InChI=1S/C16H28N2O2S/c1-7-13-9-10-15(11-14(13)12-17-5)21(19,20)18(6)16(3,4)8-2/h9-11,17H,7-8,12H2,1-6H3. The highest BCUT2D eigenvalue weighted by atomic mass is 32.2. The van der Waals surface area contributed by atoms with Gasteiger partial charge in [-0.1, -0.05) is 19.9 Å². The van der Waals surface area contributed by atoms with E-state index in [-0.39, 0.29) is 0 Å². The molecule has 4 nitrogen and oxygen atoms in total. The van der Waals surface area contributed by atoms with Gasteiger partial charge in [-0.15, -0.1) is 0 Å². The molecule has 0 aliphatic heterocycles. The number of rotatable bonds is 7. The summed E-state index contributed by atoms with van der Waals surface area (Å²) >= 11 is 0. The summed E-state index contributed by atoms with van der Waals surface area (Å²) in [7, 11) is 0.0560. The van der Waals surface area contributed by atoms with Gasteiger partial charge in [0.05, 0.1) is 4.90 Å². The van der Waals surface area contributed by atoms with E-state index in [0.29, 0.717) is 11.4 Å². The van der Waals surface area contributed by atoms with Gasteiger partial charge in [0.2, 0.25) is 10.0 Å². The van der Waals surface area contributed by atoms with Crippen molar-refractivity contribution in [1.82, 2.24) is 9.62 Å². The summed E-state index contributed by atoms with van der Waals surface area (Å²) in [4.78, 5) is 0.369. The first-order valence-electron chi connectivity index (χ1n) is 7.46. The molecule has 0 bridgehead atoms. The van der Waals surface area contributed by atoms with E-state index in [2.05, 4.69) is 12.2 Å². The van der Waals surface area contributed by atoms with Crippen LogP contribution in [-0.2, 0) is 23.0 Å². The largest absolute Gasteiger partial charge is 0.316 e. The summed E-state index contributed by atoms with van der Waals surface area (Å²) in [5.41, 5.74) is 1.83. The fourth-order valence-corrected chi connectivity index (χ4v) is 3.80. The van der Waals surface area contributed by atoms with E-state index in [1.165, 1.54) is 9.87 Å². The molecule has 0 fully saturated rings. The van der Waals surface area contributed by atoms with Crippen LogP contribution in [0.3, 0.4) is 0 Å². The zero-order valence-corrected chi connectivity index (χ0v) is 14.8. The number of nitrogens with one attached hydrogen (secondary N) is 1. The lowest BCUT2D eigenvalue weighted by Crippen LogP contribution is -2.44.